The fourth-order valence-corrected chi connectivity index (χ4v) is 1.97. The second kappa shape index (κ2) is 6.47. The van der Waals surface area contributed by atoms with Gasteiger partial charge in [0.1, 0.15) is 11.0 Å². The van der Waals surface area contributed by atoms with Gasteiger partial charge in [0.05, 0.1) is 12.3 Å². The summed E-state index contributed by atoms with van der Waals surface area (Å²) in [4.78, 5) is 8.65. The van der Waals surface area contributed by atoms with Crippen LogP contribution in [0.4, 0.5) is 0 Å². The van der Waals surface area contributed by atoms with Gasteiger partial charge in [-0.05, 0) is 18.1 Å². The molecule has 0 unspecified atom stereocenters. The van der Waals surface area contributed by atoms with Crippen LogP contribution in [0.5, 0.6) is 0 Å². The predicted molar refractivity (Wildman–Crippen MR) is 71.6 cm³/mol. The summed E-state index contributed by atoms with van der Waals surface area (Å²) in [5, 5.41) is 0.472. The van der Waals surface area contributed by atoms with Gasteiger partial charge < -0.3 is 4.74 Å². The molecule has 94 valence electrons. The van der Waals surface area contributed by atoms with Crippen LogP contribution in [-0.4, -0.2) is 17.1 Å². The Morgan fingerprint density at radius 1 is 1.11 bits per heavy atom. The van der Waals surface area contributed by atoms with Crippen LogP contribution in [0.15, 0.2) is 36.4 Å². The molecule has 0 aliphatic heterocycles. The first kappa shape index (κ1) is 13.0. The zero-order chi connectivity index (χ0) is 12.8. The third-order valence-corrected chi connectivity index (χ3v) is 2.76. The summed E-state index contributed by atoms with van der Waals surface area (Å²) in [6, 6.07) is 12.0. The average molecular weight is 263 g/mol. The smallest absolute Gasteiger partial charge is 0.133 e. The zero-order valence-corrected chi connectivity index (χ0v) is 11.0. The van der Waals surface area contributed by atoms with E-state index in [1.54, 1.807) is 13.2 Å². The molecule has 1 aromatic heterocycles. The highest BCUT2D eigenvalue weighted by atomic mass is 35.5. The molecule has 0 spiro atoms. The monoisotopic (exact) mass is 262 g/mol. The van der Waals surface area contributed by atoms with E-state index in [1.807, 2.05) is 18.2 Å². The summed E-state index contributed by atoms with van der Waals surface area (Å²) in [7, 11) is 1.64. The molecule has 1 aromatic carbocycles. The Balaban J connectivity index is 2.05. The van der Waals surface area contributed by atoms with Crippen LogP contribution < -0.4 is 0 Å². The van der Waals surface area contributed by atoms with E-state index in [-0.39, 0.29) is 0 Å². The van der Waals surface area contributed by atoms with Gasteiger partial charge in [-0.2, -0.15) is 0 Å². The summed E-state index contributed by atoms with van der Waals surface area (Å²) in [5.41, 5.74) is 2.09. The first-order chi connectivity index (χ1) is 8.78. The second-order valence-corrected chi connectivity index (χ2v) is 4.40. The van der Waals surface area contributed by atoms with Crippen LogP contribution in [0, 0.1) is 0 Å². The van der Waals surface area contributed by atoms with Gasteiger partial charge in [-0.1, -0.05) is 41.9 Å². The Kier molecular flexibility index (Phi) is 4.67. The molecule has 0 amide bonds. The molecule has 0 saturated carbocycles. The zero-order valence-electron chi connectivity index (χ0n) is 10.3. The van der Waals surface area contributed by atoms with E-state index in [2.05, 4.69) is 22.1 Å². The predicted octanol–water partition coefficient (Wildman–Crippen LogP) is 3.06. The minimum Gasteiger partial charge on any atom is -0.378 e. The fourth-order valence-electron chi connectivity index (χ4n) is 1.75. The molecule has 3 nitrogen and oxygen atoms in total. The fraction of sp³-hybridized carbons (Fsp3) is 0.286. The molecule has 0 aliphatic rings. The van der Waals surface area contributed by atoms with Gasteiger partial charge in [0.2, 0.25) is 0 Å². The standard InChI is InChI=1S/C14H15ClN2O/c1-18-10-12-9-13(15)17-14(16-12)8-7-11-5-3-2-4-6-11/h2-6,9H,7-8,10H2,1H3. The largest absolute Gasteiger partial charge is 0.378 e. The Morgan fingerprint density at radius 2 is 1.89 bits per heavy atom. The van der Waals surface area contributed by atoms with Gasteiger partial charge in [-0.3, -0.25) is 0 Å². The summed E-state index contributed by atoms with van der Waals surface area (Å²) in [5.74, 6) is 0.762. The van der Waals surface area contributed by atoms with Crippen LogP contribution in [0.3, 0.4) is 0 Å². The topological polar surface area (TPSA) is 35.0 Å². The van der Waals surface area contributed by atoms with Gasteiger partial charge in [0.25, 0.3) is 0 Å². The lowest BCUT2D eigenvalue weighted by Gasteiger charge is -2.04. The van der Waals surface area contributed by atoms with Crippen molar-refractivity contribution in [3.63, 3.8) is 0 Å². The van der Waals surface area contributed by atoms with Gasteiger partial charge in [-0.15, -0.1) is 0 Å². The molecule has 2 aromatic rings. The molecule has 0 atom stereocenters. The van der Waals surface area contributed by atoms with Crippen molar-refractivity contribution in [3.05, 3.63) is 58.6 Å². The van der Waals surface area contributed by atoms with Crippen molar-refractivity contribution in [2.75, 3.05) is 7.11 Å². The van der Waals surface area contributed by atoms with Crippen molar-refractivity contribution < 1.29 is 4.74 Å². The summed E-state index contributed by atoms with van der Waals surface area (Å²) < 4.78 is 5.05. The molecule has 0 N–H and O–H groups in total. The normalized spacial score (nSPS) is 10.6. The summed E-state index contributed by atoms with van der Waals surface area (Å²) in [6.45, 7) is 0.459. The van der Waals surface area contributed by atoms with E-state index in [4.69, 9.17) is 16.3 Å². The number of hydrogen-bond acceptors (Lipinski definition) is 3. The molecule has 0 aliphatic carbocycles. The summed E-state index contributed by atoms with van der Waals surface area (Å²) >= 11 is 5.96. The maximum absolute atomic E-state index is 5.96. The number of halogens is 1. The van der Waals surface area contributed by atoms with Crippen LogP contribution in [-0.2, 0) is 24.2 Å². The highest BCUT2D eigenvalue weighted by Crippen LogP contribution is 2.10. The van der Waals surface area contributed by atoms with E-state index >= 15 is 0 Å². The highest BCUT2D eigenvalue weighted by Gasteiger charge is 2.04. The number of ether oxygens (including phenoxy) is 1. The molecule has 0 fully saturated rings. The Hall–Kier alpha value is -1.45. The molecular formula is C14H15ClN2O. The van der Waals surface area contributed by atoms with E-state index in [0.717, 1.165) is 24.4 Å². The molecule has 18 heavy (non-hydrogen) atoms. The van der Waals surface area contributed by atoms with E-state index in [9.17, 15) is 0 Å². The van der Waals surface area contributed by atoms with Crippen molar-refractivity contribution in [1.82, 2.24) is 9.97 Å². The lowest BCUT2D eigenvalue weighted by molar-refractivity contribution is 0.181. The van der Waals surface area contributed by atoms with Crippen molar-refractivity contribution in [3.8, 4) is 0 Å². The molecule has 0 bridgehead atoms. The first-order valence-corrected chi connectivity index (χ1v) is 6.21. The number of aromatic nitrogens is 2. The molecule has 4 heteroatoms. The van der Waals surface area contributed by atoms with Crippen molar-refractivity contribution in [2.45, 2.75) is 19.4 Å². The summed E-state index contributed by atoms with van der Waals surface area (Å²) in [6.07, 6.45) is 1.69. The van der Waals surface area contributed by atoms with Crippen molar-refractivity contribution >= 4 is 11.6 Å². The number of hydrogen-bond donors (Lipinski definition) is 0. The van der Waals surface area contributed by atoms with Gasteiger partial charge in [0.15, 0.2) is 0 Å². The van der Waals surface area contributed by atoms with E-state index < -0.39 is 0 Å². The number of benzene rings is 1. The lowest BCUT2D eigenvalue weighted by Crippen LogP contribution is -2.02. The van der Waals surface area contributed by atoms with Crippen molar-refractivity contribution in [1.29, 1.82) is 0 Å². The molecule has 2 rings (SSSR count). The van der Waals surface area contributed by atoms with E-state index in [1.165, 1.54) is 5.56 Å². The third kappa shape index (κ3) is 3.79. The molecule has 1 heterocycles. The Labute approximate surface area is 112 Å². The van der Waals surface area contributed by atoms with Crippen LogP contribution >= 0.6 is 11.6 Å². The molecular weight excluding hydrogens is 248 g/mol. The van der Waals surface area contributed by atoms with Gasteiger partial charge in [0, 0.05) is 13.5 Å². The Morgan fingerprint density at radius 3 is 2.61 bits per heavy atom. The number of nitrogens with zero attached hydrogens (tertiary/aromatic N) is 2. The molecule has 0 radical (unpaired) electrons. The van der Waals surface area contributed by atoms with Gasteiger partial charge >= 0.3 is 0 Å². The van der Waals surface area contributed by atoms with Crippen molar-refractivity contribution in [2.24, 2.45) is 0 Å². The number of rotatable bonds is 5. The number of aryl methyl sites for hydroxylation is 2. The quantitative estimate of drug-likeness (QED) is 0.777. The third-order valence-electron chi connectivity index (χ3n) is 2.57. The maximum atomic E-state index is 5.96. The van der Waals surface area contributed by atoms with Crippen LogP contribution in [0.2, 0.25) is 5.15 Å². The first-order valence-electron chi connectivity index (χ1n) is 5.83. The Bertz CT molecular complexity index is 502. The SMILES string of the molecule is COCc1cc(Cl)nc(CCc2ccccc2)n1. The molecule has 0 saturated heterocycles. The van der Waals surface area contributed by atoms with Crippen LogP contribution in [0.1, 0.15) is 17.1 Å². The van der Waals surface area contributed by atoms with E-state index in [0.29, 0.717) is 11.8 Å². The lowest BCUT2D eigenvalue weighted by atomic mass is 10.1. The maximum Gasteiger partial charge on any atom is 0.133 e. The average Bonchev–Trinajstić information content (AvgIpc) is 2.37. The number of methoxy groups -OCH3 is 1. The minimum atomic E-state index is 0.459. The minimum absolute atomic E-state index is 0.459. The van der Waals surface area contributed by atoms with Crippen LogP contribution in [0.25, 0.3) is 0 Å². The van der Waals surface area contributed by atoms with Gasteiger partial charge in [-0.25, -0.2) is 9.97 Å². The highest BCUT2D eigenvalue weighted by molar-refractivity contribution is 6.29. The second-order valence-electron chi connectivity index (χ2n) is 4.02.